The normalized spacial score (nSPS) is 18.6. The standard InChI is InChI=1S/C19H22FN3O2/c1-2-17(14-7-4-3-5-8-14)18(24)23-10-6-9-16(13-23)25-19-21-11-15(20)12-22-19/h3-5,7-8,11-12,16-17H,2,6,9-10,13H2,1H3. The quantitative estimate of drug-likeness (QED) is 0.837. The number of amides is 1. The molecule has 0 aliphatic carbocycles. The lowest BCUT2D eigenvalue weighted by Gasteiger charge is -2.34. The molecule has 1 saturated heterocycles. The van der Waals surface area contributed by atoms with Gasteiger partial charge < -0.3 is 9.64 Å². The van der Waals surface area contributed by atoms with E-state index < -0.39 is 5.82 Å². The van der Waals surface area contributed by atoms with Gasteiger partial charge in [-0.2, -0.15) is 0 Å². The van der Waals surface area contributed by atoms with Crippen molar-refractivity contribution in [3.8, 4) is 6.01 Å². The minimum Gasteiger partial charge on any atom is -0.458 e. The lowest BCUT2D eigenvalue weighted by Crippen LogP contribution is -2.46. The number of likely N-dealkylation sites (tertiary alicyclic amines) is 1. The molecule has 25 heavy (non-hydrogen) atoms. The largest absolute Gasteiger partial charge is 0.458 e. The van der Waals surface area contributed by atoms with Crippen molar-refractivity contribution < 1.29 is 13.9 Å². The Morgan fingerprint density at radius 3 is 2.72 bits per heavy atom. The van der Waals surface area contributed by atoms with Crippen LogP contribution < -0.4 is 4.74 Å². The van der Waals surface area contributed by atoms with Gasteiger partial charge in [0, 0.05) is 6.54 Å². The number of carbonyl (C=O) groups excluding carboxylic acids is 1. The van der Waals surface area contributed by atoms with E-state index in [9.17, 15) is 9.18 Å². The average molecular weight is 343 g/mol. The number of hydrogen-bond donors (Lipinski definition) is 0. The fourth-order valence-electron chi connectivity index (χ4n) is 3.20. The smallest absolute Gasteiger partial charge is 0.316 e. The number of benzene rings is 1. The highest BCUT2D eigenvalue weighted by Gasteiger charge is 2.30. The number of rotatable bonds is 5. The minimum absolute atomic E-state index is 0.127. The molecule has 0 radical (unpaired) electrons. The zero-order chi connectivity index (χ0) is 17.6. The predicted molar refractivity (Wildman–Crippen MR) is 91.7 cm³/mol. The van der Waals surface area contributed by atoms with Crippen LogP contribution in [0, 0.1) is 5.82 Å². The second-order valence-electron chi connectivity index (χ2n) is 6.22. The van der Waals surface area contributed by atoms with Crippen LogP contribution in [0.5, 0.6) is 6.01 Å². The third kappa shape index (κ3) is 4.32. The Kier molecular flexibility index (Phi) is 5.58. The highest BCUT2D eigenvalue weighted by atomic mass is 19.1. The van der Waals surface area contributed by atoms with Crippen molar-refractivity contribution >= 4 is 5.91 Å². The monoisotopic (exact) mass is 343 g/mol. The van der Waals surface area contributed by atoms with Gasteiger partial charge in [-0.25, -0.2) is 14.4 Å². The number of hydrogen-bond acceptors (Lipinski definition) is 4. The number of halogens is 1. The molecule has 3 rings (SSSR count). The molecule has 1 fully saturated rings. The van der Waals surface area contributed by atoms with E-state index in [1.165, 1.54) is 0 Å². The number of aromatic nitrogens is 2. The molecule has 1 amide bonds. The van der Waals surface area contributed by atoms with Crippen molar-refractivity contribution in [2.24, 2.45) is 0 Å². The van der Waals surface area contributed by atoms with Gasteiger partial charge in [0.05, 0.1) is 24.9 Å². The molecule has 2 atom stereocenters. The van der Waals surface area contributed by atoms with E-state index in [4.69, 9.17) is 4.74 Å². The van der Waals surface area contributed by atoms with Crippen LogP contribution in [0.2, 0.25) is 0 Å². The first-order chi connectivity index (χ1) is 12.2. The van der Waals surface area contributed by atoms with E-state index in [-0.39, 0.29) is 23.9 Å². The summed E-state index contributed by atoms with van der Waals surface area (Å²) in [5.41, 5.74) is 1.04. The van der Waals surface area contributed by atoms with Gasteiger partial charge in [0.25, 0.3) is 0 Å². The molecule has 6 heteroatoms. The molecule has 132 valence electrons. The van der Waals surface area contributed by atoms with Crippen molar-refractivity contribution in [1.82, 2.24) is 14.9 Å². The van der Waals surface area contributed by atoms with Crippen molar-refractivity contribution in [3.05, 3.63) is 54.1 Å². The van der Waals surface area contributed by atoms with Gasteiger partial charge in [0.2, 0.25) is 5.91 Å². The van der Waals surface area contributed by atoms with Gasteiger partial charge >= 0.3 is 6.01 Å². The van der Waals surface area contributed by atoms with E-state index >= 15 is 0 Å². The summed E-state index contributed by atoms with van der Waals surface area (Å²) < 4.78 is 18.6. The van der Waals surface area contributed by atoms with Gasteiger partial charge in [-0.3, -0.25) is 4.79 Å². The third-order valence-corrected chi connectivity index (χ3v) is 4.47. The molecule has 0 N–H and O–H groups in total. The van der Waals surface area contributed by atoms with Gasteiger partial charge in [-0.05, 0) is 24.8 Å². The Hall–Kier alpha value is -2.50. The van der Waals surface area contributed by atoms with Gasteiger partial charge in [-0.1, -0.05) is 37.3 Å². The molecule has 2 unspecified atom stereocenters. The zero-order valence-corrected chi connectivity index (χ0v) is 14.3. The van der Waals surface area contributed by atoms with Crippen LogP contribution >= 0.6 is 0 Å². The summed E-state index contributed by atoms with van der Waals surface area (Å²) in [5.74, 6) is -0.509. The minimum atomic E-state index is -0.499. The Labute approximate surface area is 146 Å². The van der Waals surface area contributed by atoms with Crippen LogP contribution in [-0.2, 0) is 4.79 Å². The van der Waals surface area contributed by atoms with Crippen molar-refractivity contribution in [2.75, 3.05) is 13.1 Å². The topological polar surface area (TPSA) is 55.3 Å². The van der Waals surface area contributed by atoms with E-state index in [0.717, 1.165) is 43.8 Å². The van der Waals surface area contributed by atoms with Crippen LogP contribution in [0.4, 0.5) is 4.39 Å². The lowest BCUT2D eigenvalue weighted by molar-refractivity contribution is -0.135. The SMILES string of the molecule is CCC(C(=O)N1CCCC(Oc2ncc(F)cn2)C1)c1ccccc1. The van der Waals surface area contributed by atoms with Crippen LogP contribution in [-0.4, -0.2) is 40.0 Å². The summed E-state index contributed by atoms with van der Waals surface area (Å²) in [6, 6.07) is 10.0. The Bertz CT molecular complexity index is 694. The molecule has 5 nitrogen and oxygen atoms in total. The maximum atomic E-state index is 13.0. The number of ether oxygens (including phenoxy) is 1. The molecular weight excluding hydrogens is 321 g/mol. The molecular formula is C19H22FN3O2. The predicted octanol–water partition coefficient (Wildman–Crippen LogP) is 3.18. The van der Waals surface area contributed by atoms with Gasteiger partial charge in [0.15, 0.2) is 5.82 Å². The summed E-state index contributed by atoms with van der Waals surface area (Å²) in [4.78, 5) is 22.5. The number of carbonyl (C=O) groups is 1. The maximum Gasteiger partial charge on any atom is 0.316 e. The maximum absolute atomic E-state index is 13.0. The molecule has 2 aromatic rings. The van der Waals surface area contributed by atoms with E-state index in [1.54, 1.807) is 0 Å². The Morgan fingerprint density at radius 1 is 1.32 bits per heavy atom. The first kappa shape index (κ1) is 17.3. The van der Waals surface area contributed by atoms with Crippen LogP contribution in [0.3, 0.4) is 0 Å². The van der Waals surface area contributed by atoms with Crippen molar-refractivity contribution in [1.29, 1.82) is 0 Å². The molecule has 0 saturated carbocycles. The third-order valence-electron chi connectivity index (χ3n) is 4.47. The molecule has 1 aromatic heterocycles. The van der Waals surface area contributed by atoms with Crippen LogP contribution in [0.15, 0.2) is 42.7 Å². The molecule has 1 aliphatic heterocycles. The fourth-order valence-corrected chi connectivity index (χ4v) is 3.20. The number of piperidine rings is 1. The summed E-state index contributed by atoms with van der Waals surface area (Å²) in [6.07, 6.45) is 4.44. The van der Waals surface area contributed by atoms with E-state index in [1.807, 2.05) is 42.2 Å². The molecule has 0 spiro atoms. The lowest BCUT2D eigenvalue weighted by atomic mass is 9.94. The van der Waals surface area contributed by atoms with Crippen molar-refractivity contribution in [2.45, 2.75) is 38.2 Å². The van der Waals surface area contributed by atoms with Crippen molar-refractivity contribution in [3.63, 3.8) is 0 Å². The van der Waals surface area contributed by atoms with E-state index in [0.29, 0.717) is 6.54 Å². The summed E-state index contributed by atoms with van der Waals surface area (Å²) in [6.45, 7) is 3.26. The Balaban J connectivity index is 1.65. The fraction of sp³-hybridized carbons (Fsp3) is 0.421. The van der Waals surface area contributed by atoms with Crippen LogP contribution in [0.25, 0.3) is 0 Å². The highest BCUT2D eigenvalue weighted by Crippen LogP contribution is 2.24. The average Bonchev–Trinajstić information content (AvgIpc) is 2.65. The molecule has 2 heterocycles. The highest BCUT2D eigenvalue weighted by molar-refractivity contribution is 5.83. The van der Waals surface area contributed by atoms with Crippen LogP contribution in [0.1, 0.15) is 37.7 Å². The number of nitrogens with zero attached hydrogens (tertiary/aromatic N) is 3. The first-order valence-corrected chi connectivity index (χ1v) is 8.65. The van der Waals surface area contributed by atoms with E-state index in [2.05, 4.69) is 9.97 Å². The zero-order valence-electron chi connectivity index (χ0n) is 14.3. The summed E-state index contributed by atoms with van der Waals surface area (Å²) >= 11 is 0. The molecule has 1 aromatic carbocycles. The Morgan fingerprint density at radius 2 is 2.04 bits per heavy atom. The van der Waals surface area contributed by atoms with Gasteiger partial charge in [-0.15, -0.1) is 0 Å². The summed E-state index contributed by atoms with van der Waals surface area (Å²) in [7, 11) is 0. The first-order valence-electron chi connectivity index (χ1n) is 8.65. The molecule has 1 aliphatic rings. The second-order valence-corrected chi connectivity index (χ2v) is 6.22. The second kappa shape index (κ2) is 8.05. The summed E-state index contributed by atoms with van der Waals surface area (Å²) in [5, 5.41) is 0. The van der Waals surface area contributed by atoms with Gasteiger partial charge in [0.1, 0.15) is 6.10 Å². The molecule has 0 bridgehead atoms.